The molecule has 0 aliphatic carbocycles. The summed E-state index contributed by atoms with van der Waals surface area (Å²) in [6, 6.07) is 5.85. The molecule has 0 radical (unpaired) electrons. The van der Waals surface area contributed by atoms with Gasteiger partial charge in [-0.2, -0.15) is 0 Å². The minimum atomic E-state index is -0.517. The van der Waals surface area contributed by atoms with Crippen LogP contribution in [0, 0.1) is 5.92 Å². The van der Waals surface area contributed by atoms with Crippen molar-refractivity contribution in [2.24, 2.45) is 5.92 Å². The molecule has 2 atom stereocenters. The first kappa shape index (κ1) is 19.0. The number of hydrogen-bond donors (Lipinski definition) is 1. The Morgan fingerprint density at radius 3 is 2.89 bits per heavy atom. The fourth-order valence-corrected chi connectivity index (χ4v) is 4.36. The zero-order valence-electron chi connectivity index (χ0n) is 15.5. The fourth-order valence-electron chi connectivity index (χ4n) is 3.49. The second-order valence-corrected chi connectivity index (χ2v) is 8.10. The van der Waals surface area contributed by atoms with E-state index in [2.05, 4.69) is 9.97 Å². The maximum Gasteiger partial charge on any atom is 0.223 e. The van der Waals surface area contributed by atoms with Crippen molar-refractivity contribution in [1.82, 2.24) is 14.9 Å². The smallest absolute Gasteiger partial charge is 0.223 e. The minimum Gasteiger partial charge on any atom is -0.486 e. The monoisotopic (exact) mass is 401 g/mol. The molecule has 1 amide bonds. The number of aromatic nitrogens is 2. The highest BCUT2D eigenvalue weighted by Crippen LogP contribution is 2.34. The van der Waals surface area contributed by atoms with Gasteiger partial charge in [0.1, 0.15) is 13.2 Å². The first-order chi connectivity index (χ1) is 13.7. The Labute approximate surface area is 168 Å². The fraction of sp³-hybridized carbons (Fsp3) is 0.450. The largest absolute Gasteiger partial charge is 0.486 e. The van der Waals surface area contributed by atoms with Gasteiger partial charge in [0, 0.05) is 54.7 Å². The third-order valence-electron chi connectivity index (χ3n) is 4.95. The van der Waals surface area contributed by atoms with Crippen LogP contribution < -0.4 is 9.47 Å². The van der Waals surface area contributed by atoms with Crippen molar-refractivity contribution in [3.8, 4) is 11.5 Å². The molecule has 3 heterocycles. The van der Waals surface area contributed by atoms with Gasteiger partial charge in [-0.05, 0) is 24.6 Å². The van der Waals surface area contributed by atoms with Gasteiger partial charge in [-0.3, -0.25) is 14.8 Å². The maximum atomic E-state index is 12.5. The first-order valence-electron chi connectivity index (χ1n) is 9.42. The Hall–Kier alpha value is -2.32. The SMILES string of the molecule is O=C(CCSc1ccc2c(c1)OCCO2)N1C[C@@H](Cc2cnccn2)[C@H](O)C1. The highest BCUT2D eigenvalue weighted by molar-refractivity contribution is 7.99. The number of aliphatic hydroxyl groups is 1. The molecule has 7 nitrogen and oxygen atoms in total. The van der Waals surface area contributed by atoms with Crippen LogP contribution in [0.25, 0.3) is 0 Å². The number of carbonyl (C=O) groups excluding carboxylic acids is 1. The van der Waals surface area contributed by atoms with E-state index in [-0.39, 0.29) is 11.8 Å². The van der Waals surface area contributed by atoms with E-state index < -0.39 is 6.10 Å². The van der Waals surface area contributed by atoms with Gasteiger partial charge in [-0.15, -0.1) is 11.8 Å². The summed E-state index contributed by atoms with van der Waals surface area (Å²) in [4.78, 5) is 23.7. The van der Waals surface area contributed by atoms with Crippen LogP contribution in [0.15, 0.2) is 41.7 Å². The van der Waals surface area contributed by atoms with Crippen molar-refractivity contribution in [3.05, 3.63) is 42.5 Å². The first-order valence-corrected chi connectivity index (χ1v) is 10.4. The standard InChI is InChI=1S/C20H23N3O4S/c24-17-13-23(12-14(17)9-15-11-21-4-5-22-15)20(25)3-8-28-16-1-2-18-19(10-16)27-7-6-26-18/h1-2,4-5,10-11,14,17,24H,3,6-9,12-13H2/t14-,17-/m1/s1. The van der Waals surface area contributed by atoms with Crippen LogP contribution in [0.1, 0.15) is 12.1 Å². The average molecular weight is 401 g/mol. The van der Waals surface area contributed by atoms with E-state index in [0.29, 0.717) is 44.9 Å². The average Bonchev–Trinajstić information content (AvgIpc) is 3.09. The summed E-state index contributed by atoms with van der Waals surface area (Å²) >= 11 is 1.62. The predicted octanol–water partition coefficient (Wildman–Crippen LogP) is 1.79. The molecule has 2 aliphatic heterocycles. The molecule has 2 aliphatic rings. The van der Waals surface area contributed by atoms with E-state index in [4.69, 9.17) is 9.47 Å². The minimum absolute atomic E-state index is 0.00565. The number of ether oxygens (including phenoxy) is 2. The van der Waals surface area contributed by atoms with Crippen LogP contribution >= 0.6 is 11.8 Å². The number of aliphatic hydroxyl groups excluding tert-OH is 1. The molecule has 4 rings (SSSR count). The molecule has 148 valence electrons. The number of hydrogen-bond acceptors (Lipinski definition) is 7. The van der Waals surface area contributed by atoms with Gasteiger partial charge in [0.2, 0.25) is 5.91 Å². The number of carbonyl (C=O) groups is 1. The van der Waals surface area contributed by atoms with E-state index >= 15 is 0 Å². The van der Waals surface area contributed by atoms with E-state index in [0.717, 1.165) is 22.1 Å². The number of thioether (sulfide) groups is 1. The van der Waals surface area contributed by atoms with Gasteiger partial charge in [0.15, 0.2) is 11.5 Å². The lowest BCUT2D eigenvalue weighted by Crippen LogP contribution is -2.29. The number of likely N-dealkylation sites (tertiary alicyclic amines) is 1. The number of fused-ring (bicyclic) bond motifs is 1. The number of amides is 1. The Balaban J connectivity index is 1.25. The van der Waals surface area contributed by atoms with Gasteiger partial charge < -0.3 is 19.5 Å². The summed E-state index contributed by atoms with van der Waals surface area (Å²) in [5.41, 5.74) is 0.843. The molecule has 0 spiro atoms. The topological polar surface area (TPSA) is 84.8 Å². The van der Waals surface area contributed by atoms with Crippen LogP contribution in [-0.4, -0.2) is 64.0 Å². The third kappa shape index (κ3) is 4.56. The van der Waals surface area contributed by atoms with Gasteiger partial charge in [0.25, 0.3) is 0 Å². The van der Waals surface area contributed by atoms with Crippen molar-refractivity contribution in [2.45, 2.75) is 23.8 Å². The maximum absolute atomic E-state index is 12.5. The van der Waals surface area contributed by atoms with Crippen molar-refractivity contribution >= 4 is 17.7 Å². The summed E-state index contributed by atoms with van der Waals surface area (Å²) in [6.45, 7) is 2.09. The number of nitrogens with zero attached hydrogens (tertiary/aromatic N) is 3. The Morgan fingerprint density at radius 2 is 2.07 bits per heavy atom. The molecule has 0 unspecified atom stereocenters. The molecule has 2 aromatic rings. The molecular formula is C20H23N3O4S. The molecule has 0 bridgehead atoms. The molecule has 1 aromatic heterocycles. The Morgan fingerprint density at radius 1 is 1.21 bits per heavy atom. The van der Waals surface area contributed by atoms with E-state index in [1.165, 1.54) is 0 Å². The van der Waals surface area contributed by atoms with Crippen LogP contribution in [0.4, 0.5) is 0 Å². The molecular weight excluding hydrogens is 378 g/mol. The lowest BCUT2D eigenvalue weighted by atomic mass is 10.0. The van der Waals surface area contributed by atoms with Crippen LogP contribution in [-0.2, 0) is 11.2 Å². The summed E-state index contributed by atoms with van der Waals surface area (Å²) in [6.07, 6.45) is 5.53. The summed E-state index contributed by atoms with van der Waals surface area (Å²) in [5, 5.41) is 10.3. The van der Waals surface area contributed by atoms with Crippen LogP contribution in [0.2, 0.25) is 0 Å². The molecule has 8 heteroatoms. The second-order valence-electron chi connectivity index (χ2n) is 6.93. The zero-order chi connectivity index (χ0) is 19.3. The van der Waals surface area contributed by atoms with Gasteiger partial charge in [-0.1, -0.05) is 0 Å². The molecule has 1 saturated heterocycles. The Kier molecular flexibility index (Phi) is 5.97. The highest BCUT2D eigenvalue weighted by Gasteiger charge is 2.34. The van der Waals surface area contributed by atoms with E-state index in [1.54, 1.807) is 35.3 Å². The normalized spacial score (nSPS) is 21.0. The van der Waals surface area contributed by atoms with Crippen LogP contribution in [0.3, 0.4) is 0 Å². The molecule has 0 saturated carbocycles. The summed E-state index contributed by atoms with van der Waals surface area (Å²) in [5.74, 6) is 2.29. The predicted molar refractivity (Wildman–Crippen MR) is 105 cm³/mol. The molecule has 1 aromatic carbocycles. The van der Waals surface area contributed by atoms with Crippen molar-refractivity contribution < 1.29 is 19.4 Å². The highest BCUT2D eigenvalue weighted by atomic mass is 32.2. The van der Waals surface area contributed by atoms with Crippen molar-refractivity contribution in [1.29, 1.82) is 0 Å². The lowest BCUT2D eigenvalue weighted by molar-refractivity contribution is -0.130. The third-order valence-corrected chi connectivity index (χ3v) is 5.94. The molecule has 1 fully saturated rings. The quantitative estimate of drug-likeness (QED) is 0.739. The number of β-amino-alcohol motifs (C(OH)–C–C–N with tert-alkyl or cyclic N) is 1. The second kappa shape index (κ2) is 8.79. The molecule has 28 heavy (non-hydrogen) atoms. The zero-order valence-corrected chi connectivity index (χ0v) is 16.3. The molecule has 1 N–H and O–H groups in total. The van der Waals surface area contributed by atoms with Crippen molar-refractivity contribution in [2.75, 3.05) is 32.1 Å². The van der Waals surface area contributed by atoms with E-state index in [1.807, 2.05) is 18.2 Å². The lowest BCUT2D eigenvalue weighted by Gasteiger charge is -2.19. The summed E-state index contributed by atoms with van der Waals surface area (Å²) in [7, 11) is 0. The van der Waals surface area contributed by atoms with Crippen LogP contribution in [0.5, 0.6) is 11.5 Å². The van der Waals surface area contributed by atoms with Gasteiger partial charge >= 0.3 is 0 Å². The van der Waals surface area contributed by atoms with Gasteiger partial charge in [-0.25, -0.2) is 0 Å². The number of benzene rings is 1. The Bertz CT molecular complexity index is 820. The number of rotatable bonds is 6. The summed E-state index contributed by atoms with van der Waals surface area (Å²) < 4.78 is 11.1. The van der Waals surface area contributed by atoms with Crippen molar-refractivity contribution in [3.63, 3.8) is 0 Å². The van der Waals surface area contributed by atoms with Gasteiger partial charge in [0.05, 0.1) is 11.8 Å². The van der Waals surface area contributed by atoms with E-state index in [9.17, 15) is 9.90 Å².